The molecule has 0 heterocycles. The molecular formula is C52H87O15P. The van der Waals surface area contributed by atoms with Gasteiger partial charge in [-0.3, -0.25) is 18.6 Å². The molecule has 1 saturated carbocycles. The highest BCUT2D eigenvalue weighted by molar-refractivity contribution is 7.47. The van der Waals surface area contributed by atoms with E-state index in [1.54, 1.807) is 30.4 Å². The monoisotopic (exact) mass is 983 g/mol. The summed E-state index contributed by atoms with van der Waals surface area (Å²) in [5.41, 5.74) is 0. The molecule has 0 aromatic rings. The van der Waals surface area contributed by atoms with Crippen LogP contribution in [-0.2, 0) is 32.7 Å². The second kappa shape index (κ2) is 40.7. The molecule has 68 heavy (non-hydrogen) atoms. The molecule has 1 aliphatic carbocycles. The molecule has 0 amide bonds. The molecule has 0 aromatic carbocycles. The maximum absolute atomic E-state index is 12.8. The third kappa shape index (κ3) is 32.7. The van der Waals surface area contributed by atoms with Gasteiger partial charge in [-0.15, -0.1) is 0 Å². The fourth-order valence-electron chi connectivity index (χ4n) is 7.02. The number of phosphoric acid groups is 1. The highest BCUT2D eigenvalue weighted by atomic mass is 31.2. The van der Waals surface area contributed by atoms with Crippen LogP contribution in [0.1, 0.15) is 162 Å². The molecule has 1 rings (SSSR count). The molecule has 1 fully saturated rings. The van der Waals surface area contributed by atoms with Crippen LogP contribution in [0.4, 0.5) is 0 Å². The van der Waals surface area contributed by atoms with Crippen molar-refractivity contribution in [2.24, 2.45) is 0 Å². The van der Waals surface area contributed by atoms with Gasteiger partial charge < -0.3 is 50.1 Å². The summed E-state index contributed by atoms with van der Waals surface area (Å²) >= 11 is 0. The average Bonchev–Trinajstić information content (AvgIpc) is 3.31. The number of unbranched alkanes of at least 4 members (excludes halogenated alkanes) is 13. The van der Waals surface area contributed by atoms with Crippen LogP contribution in [0.15, 0.2) is 85.1 Å². The van der Waals surface area contributed by atoms with Crippen molar-refractivity contribution in [1.29, 1.82) is 0 Å². The van der Waals surface area contributed by atoms with Gasteiger partial charge in [-0.2, -0.15) is 0 Å². The summed E-state index contributed by atoms with van der Waals surface area (Å²) in [5.74, 6) is -1.36. The fourth-order valence-corrected chi connectivity index (χ4v) is 7.99. The lowest BCUT2D eigenvalue weighted by molar-refractivity contribution is -0.220. The van der Waals surface area contributed by atoms with Crippen LogP contribution in [0.2, 0.25) is 0 Å². The first-order valence-corrected chi connectivity index (χ1v) is 26.6. The SMILES string of the molecule is CCCCC/C=C\C[C@H](O)/C=C/C=C/C=C\[C@H](O)CCCC(=O)O[C@H](COC(=O)CCCCCCCC/C=C\C/C=C\C/C=C\CCCCCC)COP(=O)(O)OC1[C@H](O)[C@H](O)C(O)[C@H](O)[C@H]1O. The number of carbonyl (C=O) groups is 2. The minimum atomic E-state index is -5.20. The summed E-state index contributed by atoms with van der Waals surface area (Å²) < 4.78 is 33.4. The molecule has 0 radical (unpaired) electrons. The van der Waals surface area contributed by atoms with E-state index in [4.69, 9.17) is 18.5 Å². The molecule has 15 nitrogen and oxygen atoms in total. The van der Waals surface area contributed by atoms with Crippen LogP contribution in [0.5, 0.6) is 0 Å². The Morgan fingerprint density at radius 2 is 1.01 bits per heavy atom. The average molecular weight is 983 g/mol. The van der Waals surface area contributed by atoms with Crippen molar-refractivity contribution in [3.05, 3.63) is 85.1 Å². The Kier molecular flexibility index (Phi) is 37.6. The molecular weight excluding hydrogens is 896 g/mol. The van der Waals surface area contributed by atoms with Crippen molar-refractivity contribution >= 4 is 19.8 Å². The maximum Gasteiger partial charge on any atom is 0.472 e. The Labute approximate surface area is 406 Å². The lowest BCUT2D eigenvalue weighted by atomic mass is 9.85. The normalized spacial score (nSPS) is 22.7. The van der Waals surface area contributed by atoms with Crippen LogP contribution in [-0.4, -0.2) is 121 Å². The Bertz CT molecular complexity index is 1540. The Morgan fingerprint density at radius 1 is 0.544 bits per heavy atom. The third-order valence-electron chi connectivity index (χ3n) is 11.1. The highest BCUT2D eigenvalue weighted by Gasteiger charge is 2.51. The van der Waals surface area contributed by atoms with Gasteiger partial charge in [0.05, 0.1) is 18.8 Å². The zero-order valence-electron chi connectivity index (χ0n) is 40.8. The van der Waals surface area contributed by atoms with E-state index >= 15 is 0 Å². The number of aliphatic hydroxyl groups is 7. The molecule has 16 heteroatoms. The number of hydrogen-bond acceptors (Lipinski definition) is 14. The minimum Gasteiger partial charge on any atom is -0.462 e. The Hall–Kier alpha value is -3.05. The van der Waals surface area contributed by atoms with E-state index < -0.39 is 87.9 Å². The Morgan fingerprint density at radius 3 is 1.62 bits per heavy atom. The number of allylic oxidation sites excluding steroid dienone is 11. The van der Waals surface area contributed by atoms with Crippen molar-refractivity contribution in [2.75, 3.05) is 13.2 Å². The van der Waals surface area contributed by atoms with Gasteiger partial charge >= 0.3 is 19.8 Å². The van der Waals surface area contributed by atoms with Crippen molar-refractivity contribution in [2.45, 2.75) is 216 Å². The molecule has 0 saturated heterocycles. The largest absolute Gasteiger partial charge is 0.472 e. The zero-order chi connectivity index (χ0) is 50.3. The van der Waals surface area contributed by atoms with Gasteiger partial charge in [-0.1, -0.05) is 157 Å². The first-order valence-electron chi connectivity index (χ1n) is 25.1. The lowest BCUT2D eigenvalue weighted by Gasteiger charge is -2.41. The maximum atomic E-state index is 12.8. The van der Waals surface area contributed by atoms with E-state index in [0.717, 1.165) is 70.6 Å². The second-order valence-electron chi connectivity index (χ2n) is 17.4. The third-order valence-corrected chi connectivity index (χ3v) is 12.1. The molecule has 0 bridgehead atoms. The van der Waals surface area contributed by atoms with Crippen LogP contribution in [0.25, 0.3) is 0 Å². The molecule has 0 spiro atoms. The summed E-state index contributed by atoms with van der Waals surface area (Å²) in [6.45, 7) is 3.01. The van der Waals surface area contributed by atoms with Gasteiger partial charge in [0.1, 0.15) is 43.2 Å². The predicted molar refractivity (Wildman–Crippen MR) is 265 cm³/mol. The Balaban J connectivity index is 2.55. The smallest absolute Gasteiger partial charge is 0.462 e. The van der Waals surface area contributed by atoms with Crippen molar-refractivity contribution in [3.63, 3.8) is 0 Å². The zero-order valence-corrected chi connectivity index (χ0v) is 41.7. The van der Waals surface area contributed by atoms with Gasteiger partial charge in [0.2, 0.25) is 0 Å². The highest BCUT2D eigenvalue weighted by Crippen LogP contribution is 2.47. The summed E-state index contributed by atoms with van der Waals surface area (Å²) in [5, 5.41) is 70.6. The first-order chi connectivity index (χ1) is 32.7. The number of esters is 2. The van der Waals surface area contributed by atoms with Crippen molar-refractivity contribution < 1.29 is 73.3 Å². The van der Waals surface area contributed by atoms with E-state index in [0.29, 0.717) is 12.8 Å². The molecule has 1 aliphatic rings. The van der Waals surface area contributed by atoms with E-state index in [9.17, 15) is 54.8 Å². The quantitative estimate of drug-likeness (QED) is 0.00944. The summed E-state index contributed by atoms with van der Waals surface area (Å²) in [7, 11) is -5.20. The molecule has 0 aliphatic heterocycles. The van der Waals surface area contributed by atoms with Crippen molar-refractivity contribution in [3.8, 4) is 0 Å². The predicted octanol–water partition coefficient (Wildman–Crippen LogP) is 8.39. The topological polar surface area (TPSA) is 250 Å². The number of phosphoric ester groups is 1. The molecule has 0 aromatic heterocycles. The van der Waals surface area contributed by atoms with Gasteiger partial charge in [-0.25, -0.2) is 4.57 Å². The van der Waals surface area contributed by atoms with Gasteiger partial charge in [0.25, 0.3) is 0 Å². The first kappa shape index (κ1) is 63.0. The second-order valence-corrected chi connectivity index (χ2v) is 18.8. The van der Waals surface area contributed by atoms with Crippen molar-refractivity contribution in [1.82, 2.24) is 0 Å². The van der Waals surface area contributed by atoms with E-state index in [1.165, 1.54) is 44.6 Å². The number of aliphatic hydroxyl groups excluding tert-OH is 7. The van der Waals surface area contributed by atoms with E-state index in [-0.39, 0.29) is 25.7 Å². The number of carbonyl (C=O) groups excluding carboxylic acids is 2. The number of ether oxygens (including phenoxy) is 2. The molecule has 3 unspecified atom stereocenters. The lowest BCUT2D eigenvalue weighted by Crippen LogP contribution is -2.64. The summed E-state index contributed by atoms with van der Waals surface area (Å²) in [6.07, 6.45) is 32.3. The minimum absolute atomic E-state index is 0.0950. The molecule has 10 atom stereocenters. The van der Waals surface area contributed by atoms with Gasteiger partial charge in [0.15, 0.2) is 6.10 Å². The standard InChI is InChI=1S/C52H87O15P/c1-3-5-7-9-11-12-13-14-15-16-17-18-19-20-21-22-23-24-26-32-38-45(55)64-40-44(41-65-68(62,63)67-52-50(60)48(58)47(57)49(59)51(52)61)66-46(56)39-33-37-43(54)36-31-28-27-30-35-42(53)34-29-25-10-8-6-4-2/h12-13,15-16,18-19,25,27-31,35-36,42-44,47-54,57-61H,3-11,14,17,20-24,26,32-34,37-41H2,1-2H3,(H,62,63)/b13-12-,16-15-,19-18-,28-27+,29-25-,35-30+,36-31-/t42-,43-,44+,47?,48-,49+,50+,51+,52?/m0/s1. The van der Waals surface area contributed by atoms with Crippen LogP contribution < -0.4 is 0 Å². The van der Waals surface area contributed by atoms with Gasteiger partial charge in [0, 0.05) is 12.8 Å². The van der Waals surface area contributed by atoms with Crippen LogP contribution in [0, 0.1) is 0 Å². The molecule has 390 valence electrons. The fraction of sp³-hybridized carbons (Fsp3) is 0.692. The number of hydrogen-bond donors (Lipinski definition) is 8. The summed E-state index contributed by atoms with van der Waals surface area (Å²) in [4.78, 5) is 35.8. The number of rotatable bonds is 40. The summed E-state index contributed by atoms with van der Waals surface area (Å²) in [6, 6.07) is 0. The van der Waals surface area contributed by atoms with E-state index in [1.807, 2.05) is 6.08 Å². The van der Waals surface area contributed by atoms with E-state index in [2.05, 4.69) is 56.4 Å². The molecule has 8 N–H and O–H groups in total. The van der Waals surface area contributed by atoms with Crippen LogP contribution in [0.3, 0.4) is 0 Å². The van der Waals surface area contributed by atoms with Crippen LogP contribution >= 0.6 is 7.82 Å². The van der Waals surface area contributed by atoms with Gasteiger partial charge in [-0.05, 0) is 77.0 Å².